The van der Waals surface area contributed by atoms with E-state index in [1.807, 2.05) is 7.05 Å². The van der Waals surface area contributed by atoms with Gasteiger partial charge in [-0.15, -0.1) is 0 Å². The number of hydrogen-bond donors (Lipinski definition) is 2. The average molecular weight is 342 g/mol. The van der Waals surface area contributed by atoms with Gasteiger partial charge in [0.1, 0.15) is 5.75 Å². The topological polar surface area (TPSA) is 108 Å². The number of nitrogens with zero attached hydrogens (tertiary/aromatic N) is 3. The molecule has 0 aromatic heterocycles. The minimum absolute atomic E-state index is 0.104. The zero-order valence-electron chi connectivity index (χ0n) is 13.3. The second-order valence-corrected chi connectivity index (χ2v) is 7.22. The van der Waals surface area contributed by atoms with Crippen molar-refractivity contribution >= 4 is 15.9 Å². The minimum Gasteiger partial charge on any atom is -0.493 e. The van der Waals surface area contributed by atoms with Crippen molar-refractivity contribution in [2.75, 3.05) is 39.8 Å². The van der Waals surface area contributed by atoms with Crippen LogP contribution in [0.25, 0.3) is 0 Å². The van der Waals surface area contributed by atoms with Gasteiger partial charge in [0.25, 0.3) is 0 Å². The van der Waals surface area contributed by atoms with Crippen molar-refractivity contribution in [1.29, 1.82) is 0 Å². The Balaban J connectivity index is 2.39. The minimum atomic E-state index is -3.62. The van der Waals surface area contributed by atoms with Crippen LogP contribution in [-0.4, -0.2) is 68.5 Å². The van der Waals surface area contributed by atoms with Gasteiger partial charge in [0.05, 0.1) is 17.1 Å². The van der Waals surface area contributed by atoms with E-state index < -0.39 is 10.0 Å². The van der Waals surface area contributed by atoms with E-state index in [-0.39, 0.29) is 16.3 Å². The number of hydrogen-bond acceptors (Lipinski definition) is 6. The van der Waals surface area contributed by atoms with Gasteiger partial charge in [-0.3, -0.25) is 0 Å². The first-order chi connectivity index (χ1) is 10.9. The number of benzene rings is 1. The standard InChI is InChI=1S/C14H22N4O4S/c1-3-22-13-5-4-11(10-12(13)14(15)16-19)23(20,21)18-8-6-17(2)7-9-18/h4-5,10,19H,3,6-9H2,1-2H3,(H2,15,16). The van der Waals surface area contributed by atoms with Crippen molar-refractivity contribution in [1.82, 2.24) is 9.21 Å². The molecule has 3 N–H and O–H groups in total. The molecule has 1 aromatic rings. The Bertz CT molecular complexity index is 682. The van der Waals surface area contributed by atoms with Gasteiger partial charge >= 0.3 is 0 Å². The lowest BCUT2D eigenvalue weighted by atomic mass is 10.2. The SMILES string of the molecule is CCOc1ccc(S(=O)(=O)N2CCN(C)CC2)cc1/C(N)=N\O. The number of amidine groups is 1. The molecular formula is C14H22N4O4S. The van der Waals surface area contributed by atoms with Crippen LogP contribution in [0.4, 0.5) is 0 Å². The molecule has 0 unspecified atom stereocenters. The number of likely N-dealkylation sites (N-methyl/N-ethyl adjacent to an activating group) is 1. The summed E-state index contributed by atoms with van der Waals surface area (Å²) in [7, 11) is -1.67. The van der Waals surface area contributed by atoms with Crippen LogP contribution in [0.15, 0.2) is 28.3 Å². The number of oxime groups is 1. The molecule has 2 rings (SSSR count). The highest BCUT2D eigenvalue weighted by Crippen LogP contribution is 2.25. The van der Waals surface area contributed by atoms with Crippen LogP contribution in [0.2, 0.25) is 0 Å². The number of nitrogens with two attached hydrogens (primary N) is 1. The third kappa shape index (κ3) is 3.74. The molecule has 0 saturated carbocycles. The van der Waals surface area contributed by atoms with Gasteiger partial charge in [0.2, 0.25) is 10.0 Å². The zero-order chi connectivity index (χ0) is 17.0. The lowest BCUT2D eigenvalue weighted by Crippen LogP contribution is -2.47. The number of ether oxygens (including phenoxy) is 1. The maximum atomic E-state index is 12.7. The van der Waals surface area contributed by atoms with E-state index in [4.69, 9.17) is 15.7 Å². The Kier molecular flexibility index (Phi) is 5.45. The molecule has 0 bridgehead atoms. The van der Waals surface area contributed by atoms with E-state index in [0.717, 1.165) is 0 Å². The van der Waals surface area contributed by atoms with Crippen LogP contribution in [0.5, 0.6) is 5.75 Å². The van der Waals surface area contributed by atoms with Crippen LogP contribution in [0.1, 0.15) is 12.5 Å². The first kappa shape index (κ1) is 17.5. The van der Waals surface area contributed by atoms with Crippen molar-refractivity contribution in [3.05, 3.63) is 23.8 Å². The van der Waals surface area contributed by atoms with Gasteiger partial charge in [0.15, 0.2) is 5.84 Å². The first-order valence-electron chi connectivity index (χ1n) is 7.33. The van der Waals surface area contributed by atoms with E-state index >= 15 is 0 Å². The summed E-state index contributed by atoms with van der Waals surface area (Å²) in [6.07, 6.45) is 0. The maximum Gasteiger partial charge on any atom is 0.243 e. The van der Waals surface area contributed by atoms with Gasteiger partial charge in [-0.25, -0.2) is 8.42 Å². The summed E-state index contributed by atoms with van der Waals surface area (Å²) in [4.78, 5) is 2.18. The van der Waals surface area contributed by atoms with Crippen LogP contribution in [0.3, 0.4) is 0 Å². The highest BCUT2D eigenvalue weighted by atomic mass is 32.2. The summed E-state index contributed by atoms with van der Waals surface area (Å²) in [5, 5.41) is 11.8. The highest BCUT2D eigenvalue weighted by Gasteiger charge is 2.28. The zero-order valence-corrected chi connectivity index (χ0v) is 14.1. The molecule has 1 heterocycles. The van der Waals surface area contributed by atoms with Crippen LogP contribution < -0.4 is 10.5 Å². The molecule has 1 saturated heterocycles. The Morgan fingerprint density at radius 3 is 2.57 bits per heavy atom. The van der Waals surface area contributed by atoms with E-state index in [9.17, 15) is 8.42 Å². The Hall–Kier alpha value is -1.84. The molecule has 9 heteroatoms. The summed E-state index contributed by atoms with van der Waals surface area (Å²) in [6, 6.07) is 4.39. The van der Waals surface area contributed by atoms with E-state index in [0.29, 0.717) is 38.5 Å². The second-order valence-electron chi connectivity index (χ2n) is 5.28. The van der Waals surface area contributed by atoms with Gasteiger partial charge < -0.3 is 20.6 Å². The maximum absolute atomic E-state index is 12.7. The lowest BCUT2D eigenvalue weighted by molar-refractivity contribution is 0.222. The van der Waals surface area contributed by atoms with Crippen LogP contribution in [0, 0.1) is 0 Å². The fourth-order valence-corrected chi connectivity index (χ4v) is 3.83. The summed E-state index contributed by atoms with van der Waals surface area (Å²) < 4.78 is 32.3. The smallest absolute Gasteiger partial charge is 0.243 e. The molecule has 23 heavy (non-hydrogen) atoms. The lowest BCUT2D eigenvalue weighted by Gasteiger charge is -2.31. The summed E-state index contributed by atoms with van der Waals surface area (Å²) in [5.74, 6) is 0.184. The predicted molar refractivity (Wildman–Crippen MR) is 86.4 cm³/mol. The first-order valence-corrected chi connectivity index (χ1v) is 8.77. The quantitative estimate of drug-likeness (QED) is 0.340. The summed E-state index contributed by atoms with van der Waals surface area (Å²) in [5.41, 5.74) is 5.89. The average Bonchev–Trinajstić information content (AvgIpc) is 2.55. The normalized spacial score (nSPS) is 18.1. The van der Waals surface area contributed by atoms with Crippen LogP contribution >= 0.6 is 0 Å². The van der Waals surface area contributed by atoms with Gasteiger partial charge in [-0.05, 0) is 32.2 Å². The Labute approximate surface area is 136 Å². The number of sulfonamides is 1. The van der Waals surface area contributed by atoms with Gasteiger partial charge in [-0.2, -0.15) is 4.31 Å². The van der Waals surface area contributed by atoms with Gasteiger partial charge in [-0.1, -0.05) is 5.16 Å². The van der Waals surface area contributed by atoms with E-state index in [1.54, 1.807) is 6.92 Å². The second kappa shape index (κ2) is 7.16. The molecule has 1 fully saturated rings. The third-order valence-corrected chi connectivity index (χ3v) is 5.63. The molecular weight excluding hydrogens is 320 g/mol. The highest BCUT2D eigenvalue weighted by molar-refractivity contribution is 7.89. The largest absolute Gasteiger partial charge is 0.493 e. The van der Waals surface area contributed by atoms with Crippen molar-refractivity contribution in [2.24, 2.45) is 10.9 Å². The fourth-order valence-electron chi connectivity index (χ4n) is 2.38. The van der Waals surface area contributed by atoms with E-state index in [1.165, 1.54) is 22.5 Å². The molecule has 128 valence electrons. The van der Waals surface area contributed by atoms with Crippen molar-refractivity contribution in [2.45, 2.75) is 11.8 Å². The molecule has 1 aliphatic heterocycles. The third-order valence-electron chi connectivity index (χ3n) is 3.73. The van der Waals surface area contributed by atoms with E-state index in [2.05, 4.69) is 10.1 Å². The Morgan fingerprint density at radius 1 is 1.35 bits per heavy atom. The Morgan fingerprint density at radius 2 is 2.00 bits per heavy atom. The van der Waals surface area contributed by atoms with Gasteiger partial charge in [0, 0.05) is 26.2 Å². The van der Waals surface area contributed by atoms with Crippen molar-refractivity contribution in [3.8, 4) is 5.75 Å². The molecule has 0 atom stereocenters. The van der Waals surface area contributed by atoms with Crippen molar-refractivity contribution < 1.29 is 18.4 Å². The fraction of sp³-hybridized carbons (Fsp3) is 0.500. The summed E-state index contributed by atoms with van der Waals surface area (Å²) in [6.45, 7) is 4.42. The number of rotatable bonds is 5. The molecule has 0 aliphatic carbocycles. The molecule has 1 aromatic carbocycles. The predicted octanol–water partition coefficient (Wildman–Crippen LogP) is 0.116. The molecule has 0 spiro atoms. The number of piperazine rings is 1. The van der Waals surface area contributed by atoms with Crippen LogP contribution in [-0.2, 0) is 10.0 Å². The van der Waals surface area contributed by atoms with Crippen molar-refractivity contribution in [3.63, 3.8) is 0 Å². The monoisotopic (exact) mass is 342 g/mol. The molecule has 1 aliphatic rings. The summed E-state index contributed by atoms with van der Waals surface area (Å²) >= 11 is 0. The molecule has 0 amide bonds. The molecule has 8 nitrogen and oxygen atoms in total. The molecule has 0 radical (unpaired) electrons.